The number of Topliss-reactive ketones (excluding diaryl/α,β-unsaturated/α-hetero) is 4. The van der Waals surface area contributed by atoms with Gasteiger partial charge in [-0.25, -0.2) is 0 Å². The van der Waals surface area contributed by atoms with Crippen LogP contribution in [0.25, 0.3) is 0 Å². The minimum absolute atomic E-state index is 0.00103. The van der Waals surface area contributed by atoms with E-state index in [2.05, 4.69) is 6.58 Å². The van der Waals surface area contributed by atoms with Crippen molar-refractivity contribution >= 4 is 47.0 Å². The Balaban J connectivity index is 4.95. The van der Waals surface area contributed by atoms with E-state index in [-0.39, 0.29) is 93.5 Å². The van der Waals surface area contributed by atoms with E-state index in [4.69, 9.17) is 23.7 Å². The van der Waals surface area contributed by atoms with Crippen molar-refractivity contribution in [3.63, 3.8) is 0 Å². The lowest BCUT2D eigenvalue weighted by atomic mass is 9.75. The number of rotatable bonds is 28. The maximum Gasteiger partial charge on any atom is 0.316 e. The number of esters is 4. The lowest BCUT2D eigenvalue weighted by Crippen LogP contribution is -2.41. The van der Waals surface area contributed by atoms with Crippen molar-refractivity contribution in [1.82, 2.24) is 0 Å². The first kappa shape index (κ1) is 53.0. The van der Waals surface area contributed by atoms with Gasteiger partial charge in [-0.2, -0.15) is 0 Å². The number of ketones is 4. The zero-order valence-corrected chi connectivity index (χ0v) is 37.2. The Morgan fingerprint density at radius 3 is 1.53 bits per heavy atom. The number of hydrogen-bond acceptors (Lipinski definition) is 13. The fourth-order valence-electron chi connectivity index (χ4n) is 5.93. The molecular formula is C44H70O13. The summed E-state index contributed by atoms with van der Waals surface area (Å²) in [7, 11) is 0. The first-order valence-electron chi connectivity index (χ1n) is 19.5. The standard InChI is InChI=1S/C44H70O13/c1-30(34(48)21-19-32(3)46)27-55-37(51)41(8,9)29-42(10,11)38(52)57-44(14,15)23-26-56-43(12,13)22-25-54-36(50)40(6,7)28-39(4,5)35(49)53-24-16-17-33(47)20-18-31(2)45/h16,24H,1,17-23,25-29H2,2-15H3. The quantitative estimate of drug-likeness (QED) is 0.0324. The third kappa shape index (κ3) is 21.4. The number of carbonyl (C=O) groups is 8. The molecular weight excluding hydrogens is 736 g/mol. The normalized spacial score (nSPS) is 12.8. The fraction of sp³-hybridized carbons (Fsp3) is 0.727. The highest BCUT2D eigenvalue weighted by molar-refractivity contribution is 5.97. The topological polar surface area (TPSA) is 183 Å². The van der Waals surface area contributed by atoms with Crippen LogP contribution >= 0.6 is 0 Å². The molecule has 0 aromatic carbocycles. The van der Waals surface area contributed by atoms with E-state index in [1.165, 1.54) is 19.9 Å². The molecule has 0 aliphatic heterocycles. The molecule has 13 nitrogen and oxygen atoms in total. The van der Waals surface area contributed by atoms with E-state index in [0.29, 0.717) is 12.8 Å². The van der Waals surface area contributed by atoms with Gasteiger partial charge in [-0.3, -0.25) is 28.8 Å². The van der Waals surface area contributed by atoms with Gasteiger partial charge in [0.05, 0.1) is 46.7 Å². The van der Waals surface area contributed by atoms with E-state index in [1.807, 2.05) is 13.8 Å². The number of carbonyl (C=O) groups excluding carboxylic acids is 8. The van der Waals surface area contributed by atoms with Gasteiger partial charge in [0.15, 0.2) is 5.78 Å². The zero-order valence-electron chi connectivity index (χ0n) is 37.2. The van der Waals surface area contributed by atoms with Crippen molar-refractivity contribution in [2.45, 2.75) is 166 Å². The molecule has 0 amide bonds. The summed E-state index contributed by atoms with van der Waals surface area (Å²) in [5.41, 5.74) is -5.75. The monoisotopic (exact) mass is 806 g/mol. The number of ether oxygens (including phenoxy) is 5. The van der Waals surface area contributed by atoms with Gasteiger partial charge >= 0.3 is 23.9 Å². The van der Waals surface area contributed by atoms with E-state index < -0.39 is 56.7 Å². The first-order valence-corrected chi connectivity index (χ1v) is 19.5. The highest BCUT2D eigenvalue weighted by Gasteiger charge is 2.43. The molecule has 0 rings (SSSR count). The molecule has 0 atom stereocenters. The van der Waals surface area contributed by atoms with Gasteiger partial charge in [-0.05, 0) is 116 Å². The Morgan fingerprint density at radius 2 is 1.00 bits per heavy atom. The van der Waals surface area contributed by atoms with Crippen molar-refractivity contribution in [1.29, 1.82) is 0 Å². The largest absolute Gasteiger partial charge is 0.465 e. The molecule has 0 unspecified atom stereocenters. The molecule has 0 aromatic heterocycles. The van der Waals surface area contributed by atoms with Gasteiger partial charge in [0.2, 0.25) is 0 Å². The summed E-state index contributed by atoms with van der Waals surface area (Å²) in [4.78, 5) is 98.3. The average Bonchev–Trinajstić information content (AvgIpc) is 3.04. The second-order valence-corrected chi connectivity index (χ2v) is 18.8. The lowest BCUT2D eigenvalue weighted by molar-refractivity contribution is -0.173. The van der Waals surface area contributed by atoms with Crippen LogP contribution in [0.15, 0.2) is 24.5 Å². The van der Waals surface area contributed by atoms with Crippen LogP contribution in [0.1, 0.15) is 155 Å². The third-order valence-corrected chi connectivity index (χ3v) is 9.33. The molecule has 0 spiro atoms. The summed E-state index contributed by atoms with van der Waals surface area (Å²) in [5, 5.41) is 0. The molecule has 57 heavy (non-hydrogen) atoms. The Bertz CT molecular complexity index is 1510. The first-order chi connectivity index (χ1) is 25.7. The summed E-state index contributed by atoms with van der Waals surface area (Å²) >= 11 is 0. The molecule has 0 fully saturated rings. The van der Waals surface area contributed by atoms with Gasteiger partial charge in [0.25, 0.3) is 0 Å². The summed E-state index contributed by atoms with van der Waals surface area (Å²) in [5.74, 6) is -2.84. The summed E-state index contributed by atoms with van der Waals surface area (Å²) in [6.45, 7) is 27.1. The van der Waals surface area contributed by atoms with Crippen LogP contribution in [-0.2, 0) is 62.0 Å². The summed E-state index contributed by atoms with van der Waals surface area (Å²) in [6.07, 6.45) is 3.98. The summed E-state index contributed by atoms with van der Waals surface area (Å²) < 4.78 is 28.2. The van der Waals surface area contributed by atoms with E-state index in [0.717, 1.165) is 6.26 Å². The molecule has 0 aromatic rings. The number of hydrogen-bond donors (Lipinski definition) is 0. The molecule has 0 N–H and O–H groups in total. The van der Waals surface area contributed by atoms with Crippen molar-refractivity contribution < 1.29 is 62.0 Å². The smallest absolute Gasteiger partial charge is 0.316 e. The Kier molecular flexibility index (Phi) is 20.7. The Hall–Kier alpha value is -4.00. The minimum Gasteiger partial charge on any atom is -0.465 e. The van der Waals surface area contributed by atoms with Crippen LogP contribution < -0.4 is 0 Å². The Morgan fingerprint density at radius 1 is 0.544 bits per heavy atom. The lowest BCUT2D eigenvalue weighted by Gasteiger charge is -2.35. The van der Waals surface area contributed by atoms with Crippen LogP contribution in [0.2, 0.25) is 0 Å². The average molecular weight is 807 g/mol. The van der Waals surface area contributed by atoms with Crippen LogP contribution in [0.5, 0.6) is 0 Å². The van der Waals surface area contributed by atoms with Crippen LogP contribution in [0.3, 0.4) is 0 Å². The molecule has 0 saturated heterocycles. The van der Waals surface area contributed by atoms with Crippen molar-refractivity contribution in [3.05, 3.63) is 24.5 Å². The van der Waals surface area contributed by atoms with E-state index >= 15 is 0 Å². The second kappa shape index (κ2) is 22.2. The van der Waals surface area contributed by atoms with Gasteiger partial charge in [0.1, 0.15) is 29.6 Å². The molecule has 0 heterocycles. The molecule has 13 heteroatoms. The maximum absolute atomic E-state index is 13.4. The minimum atomic E-state index is -1.09. The fourth-order valence-corrected chi connectivity index (χ4v) is 5.93. The van der Waals surface area contributed by atoms with Crippen LogP contribution in [-0.4, -0.2) is 78.0 Å². The molecule has 0 aliphatic rings. The SMILES string of the molecule is C=C(COC(=O)C(C)(C)CC(C)(C)C(=O)OC(C)(C)CCOC(C)(C)CCOC(=O)C(C)(C)CC(C)(C)C(=O)OC=CCC(=O)CCC(C)=O)C(=O)CCC(C)=O. The Labute approximate surface area is 340 Å². The third-order valence-electron chi connectivity index (χ3n) is 9.33. The molecule has 0 aliphatic carbocycles. The molecule has 0 saturated carbocycles. The maximum atomic E-state index is 13.4. The molecule has 324 valence electrons. The zero-order chi connectivity index (χ0) is 44.6. The second-order valence-electron chi connectivity index (χ2n) is 18.8. The van der Waals surface area contributed by atoms with Crippen LogP contribution in [0.4, 0.5) is 0 Å². The molecule has 0 bridgehead atoms. The van der Waals surface area contributed by atoms with E-state index in [1.54, 1.807) is 69.2 Å². The van der Waals surface area contributed by atoms with Crippen molar-refractivity contribution in [3.8, 4) is 0 Å². The predicted octanol–water partition coefficient (Wildman–Crippen LogP) is 7.73. The van der Waals surface area contributed by atoms with E-state index in [9.17, 15) is 38.4 Å². The van der Waals surface area contributed by atoms with Crippen LogP contribution in [0, 0.1) is 21.7 Å². The van der Waals surface area contributed by atoms with Gasteiger partial charge < -0.3 is 33.3 Å². The predicted molar refractivity (Wildman–Crippen MR) is 215 cm³/mol. The van der Waals surface area contributed by atoms with Crippen molar-refractivity contribution in [2.75, 3.05) is 19.8 Å². The van der Waals surface area contributed by atoms with Crippen molar-refractivity contribution in [2.24, 2.45) is 21.7 Å². The van der Waals surface area contributed by atoms with Gasteiger partial charge in [0, 0.05) is 50.5 Å². The molecule has 0 radical (unpaired) electrons. The van der Waals surface area contributed by atoms with Gasteiger partial charge in [-0.1, -0.05) is 6.58 Å². The highest BCUT2D eigenvalue weighted by atomic mass is 16.6. The van der Waals surface area contributed by atoms with Gasteiger partial charge in [-0.15, -0.1) is 0 Å². The summed E-state index contributed by atoms with van der Waals surface area (Å²) in [6, 6.07) is 0. The highest BCUT2D eigenvalue weighted by Crippen LogP contribution is 2.38. The number of allylic oxidation sites excluding steroid dienone is 1.